The standard InChI is InChI=1S/C13H25NO4.K/c1-2-3-4-5-6-7-10-18-13(17)11(14)8-9-12(15)16;/h11H,2-10,14H2,1H3,(H,15,16);/q;+1/p-1/t11-;/m0./s1. The maximum atomic E-state index is 11.3. The molecule has 0 aromatic rings. The summed E-state index contributed by atoms with van der Waals surface area (Å²) < 4.78 is 4.97. The van der Waals surface area contributed by atoms with Gasteiger partial charge < -0.3 is 20.4 Å². The molecule has 0 fully saturated rings. The minimum Gasteiger partial charge on any atom is -0.550 e. The normalized spacial score (nSPS) is 11.5. The number of carbonyl (C=O) groups is 2. The molecular formula is C13H24KNO4. The van der Waals surface area contributed by atoms with E-state index in [4.69, 9.17) is 10.5 Å². The first-order valence-corrected chi connectivity index (χ1v) is 6.70. The molecule has 106 valence electrons. The summed E-state index contributed by atoms with van der Waals surface area (Å²) in [6.07, 6.45) is 6.56. The smallest absolute Gasteiger partial charge is 0.550 e. The average Bonchev–Trinajstić information content (AvgIpc) is 2.34. The summed E-state index contributed by atoms with van der Waals surface area (Å²) in [5.74, 6) is -1.72. The monoisotopic (exact) mass is 297 g/mol. The van der Waals surface area contributed by atoms with Crippen LogP contribution in [-0.4, -0.2) is 24.6 Å². The third kappa shape index (κ3) is 14.8. The fourth-order valence-electron chi connectivity index (χ4n) is 1.55. The van der Waals surface area contributed by atoms with E-state index in [-0.39, 0.29) is 64.2 Å². The molecular weight excluding hydrogens is 273 g/mol. The number of nitrogens with two attached hydrogens (primary N) is 1. The summed E-state index contributed by atoms with van der Waals surface area (Å²) in [5, 5.41) is 10.2. The third-order valence-electron chi connectivity index (χ3n) is 2.70. The van der Waals surface area contributed by atoms with E-state index in [1.54, 1.807) is 0 Å². The van der Waals surface area contributed by atoms with Gasteiger partial charge in [0.25, 0.3) is 0 Å². The molecule has 0 rings (SSSR count). The van der Waals surface area contributed by atoms with Crippen molar-refractivity contribution < 1.29 is 70.8 Å². The molecule has 6 heteroatoms. The molecule has 0 aromatic carbocycles. The van der Waals surface area contributed by atoms with E-state index < -0.39 is 18.0 Å². The SMILES string of the molecule is CCCCCCCCOC(=O)[C@@H](N)CCC(=O)[O-].[K+]. The molecule has 0 radical (unpaired) electrons. The zero-order chi connectivity index (χ0) is 13.8. The number of unbranched alkanes of at least 4 members (excludes halogenated alkanes) is 5. The Hall–Kier alpha value is 0.536. The van der Waals surface area contributed by atoms with E-state index >= 15 is 0 Å². The Labute approximate surface area is 158 Å². The third-order valence-corrected chi connectivity index (χ3v) is 2.70. The second kappa shape index (κ2) is 14.9. The molecule has 19 heavy (non-hydrogen) atoms. The van der Waals surface area contributed by atoms with Crippen LogP contribution in [0.5, 0.6) is 0 Å². The summed E-state index contributed by atoms with van der Waals surface area (Å²) in [7, 11) is 0. The quantitative estimate of drug-likeness (QED) is 0.264. The molecule has 5 nitrogen and oxygen atoms in total. The second-order valence-electron chi connectivity index (χ2n) is 4.45. The van der Waals surface area contributed by atoms with Gasteiger partial charge in [-0.2, -0.15) is 0 Å². The van der Waals surface area contributed by atoms with Crippen molar-refractivity contribution in [1.82, 2.24) is 0 Å². The van der Waals surface area contributed by atoms with Gasteiger partial charge in [-0.3, -0.25) is 4.79 Å². The van der Waals surface area contributed by atoms with Crippen molar-refractivity contribution in [3.05, 3.63) is 0 Å². The number of hydrogen-bond donors (Lipinski definition) is 1. The molecule has 0 saturated carbocycles. The van der Waals surface area contributed by atoms with Crippen LogP contribution in [0.1, 0.15) is 58.3 Å². The number of carboxylic acid groups (broad SMARTS) is 1. The predicted octanol–water partition coefficient (Wildman–Crippen LogP) is -2.25. The van der Waals surface area contributed by atoms with Gasteiger partial charge in [0.1, 0.15) is 6.04 Å². The van der Waals surface area contributed by atoms with E-state index in [0.29, 0.717) is 6.61 Å². The largest absolute Gasteiger partial charge is 1.00 e. The van der Waals surface area contributed by atoms with Gasteiger partial charge in [0.05, 0.1) is 6.61 Å². The van der Waals surface area contributed by atoms with Crippen molar-refractivity contribution in [1.29, 1.82) is 0 Å². The van der Waals surface area contributed by atoms with Crippen molar-refractivity contribution in [3.8, 4) is 0 Å². The number of aliphatic carboxylic acids is 1. The van der Waals surface area contributed by atoms with Gasteiger partial charge >= 0.3 is 57.4 Å². The van der Waals surface area contributed by atoms with Crippen molar-refractivity contribution >= 4 is 11.9 Å². The zero-order valence-corrected chi connectivity index (χ0v) is 15.3. The van der Waals surface area contributed by atoms with Gasteiger partial charge in [-0.1, -0.05) is 39.0 Å². The minimum absolute atomic E-state index is 0. The molecule has 0 aliphatic carbocycles. The molecule has 2 N–H and O–H groups in total. The van der Waals surface area contributed by atoms with Gasteiger partial charge in [-0.25, -0.2) is 0 Å². The number of ether oxygens (including phenoxy) is 1. The summed E-state index contributed by atoms with van der Waals surface area (Å²) in [6, 6.07) is -0.858. The fraction of sp³-hybridized carbons (Fsp3) is 0.846. The van der Waals surface area contributed by atoms with Gasteiger partial charge in [0.15, 0.2) is 0 Å². The van der Waals surface area contributed by atoms with Crippen LogP contribution in [0.2, 0.25) is 0 Å². The zero-order valence-electron chi connectivity index (χ0n) is 12.2. The van der Waals surface area contributed by atoms with Crippen LogP contribution in [0, 0.1) is 0 Å². The van der Waals surface area contributed by atoms with Crippen LogP contribution in [0.15, 0.2) is 0 Å². The Morgan fingerprint density at radius 2 is 1.74 bits per heavy atom. The maximum Gasteiger partial charge on any atom is 1.00 e. The Balaban J connectivity index is 0. The molecule has 1 atom stereocenters. The summed E-state index contributed by atoms with van der Waals surface area (Å²) in [4.78, 5) is 21.5. The molecule has 0 aromatic heterocycles. The molecule has 0 aliphatic heterocycles. The van der Waals surface area contributed by atoms with Gasteiger partial charge in [-0.05, 0) is 19.3 Å². The van der Waals surface area contributed by atoms with Crippen LogP contribution in [0.4, 0.5) is 0 Å². The van der Waals surface area contributed by atoms with Crippen molar-refractivity contribution in [2.45, 2.75) is 64.3 Å². The number of esters is 1. The van der Waals surface area contributed by atoms with E-state index in [2.05, 4.69) is 6.92 Å². The predicted molar refractivity (Wildman–Crippen MR) is 66.6 cm³/mol. The van der Waals surface area contributed by atoms with Gasteiger partial charge in [-0.15, -0.1) is 0 Å². The first-order valence-electron chi connectivity index (χ1n) is 6.70. The Morgan fingerprint density at radius 1 is 1.16 bits per heavy atom. The summed E-state index contributed by atoms with van der Waals surface area (Å²) >= 11 is 0. The maximum absolute atomic E-state index is 11.3. The molecule has 0 heterocycles. The van der Waals surface area contributed by atoms with E-state index in [1.807, 2.05) is 0 Å². The van der Waals surface area contributed by atoms with Crippen LogP contribution in [-0.2, 0) is 14.3 Å². The van der Waals surface area contributed by atoms with E-state index in [9.17, 15) is 14.7 Å². The molecule has 0 unspecified atom stereocenters. The topological polar surface area (TPSA) is 92.5 Å². The number of carboxylic acids is 1. The molecule has 0 aliphatic rings. The van der Waals surface area contributed by atoms with Crippen LogP contribution in [0.3, 0.4) is 0 Å². The second-order valence-corrected chi connectivity index (χ2v) is 4.45. The Morgan fingerprint density at radius 3 is 2.32 bits per heavy atom. The van der Waals surface area contributed by atoms with Crippen LogP contribution < -0.4 is 62.2 Å². The van der Waals surface area contributed by atoms with Crippen molar-refractivity contribution in [3.63, 3.8) is 0 Å². The van der Waals surface area contributed by atoms with Crippen LogP contribution in [0.25, 0.3) is 0 Å². The summed E-state index contributed by atoms with van der Waals surface area (Å²) in [6.45, 7) is 2.53. The van der Waals surface area contributed by atoms with Gasteiger partial charge in [0.2, 0.25) is 0 Å². The molecule has 0 bridgehead atoms. The number of rotatable bonds is 11. The summed E-state index contributed by atoms with van der Waals surface area (Å²) in [5.41, 5.74) is 5.48. The number of hydrogen-bond acceptors (Lipinski definition) is 5. The Kier molecular flexibility index (Phi) is 17.2. The molecule has 0 amide bonds. The van der Waals surface area contributed by atoms with Crippen molar-refractivity contribution in [2.24, 2.45) is 5.73 Å². The number of carbonyl (C=O) groups excluding carboxylic acids is 2. The minimum atomic E-state index is -1.20. The fourth-order valence-corrected chi connectivity index (χ4v) is 1.55. The average molecular weight is 297 g/mol. The first kappa shape index (κ1) is 21.8. The first-order chi connectivity index (χ1) is 8.57. The van der Waals surface area contributed by atoms with Gasteiger partial charge in [0, 0.05) is 5.97 Å². The van der Waals surface area contributed by atoms with Crippen molar-refractivity contribution in [2.75, 3.05) is 6.61 Å². The van der Waals surface area contributed by atoms with E-state index in [0.717, 1.165) is 19.3 Å². The molecule has 0 spiro atoms. The van der Waals surface area contributed by atoms with E-state index in [1.165, 1.54) is 19.3 Å². The molecule has 0 saturated heterocycles. The Bertz CT molecular complexity index is 249. The van der Waals surface area contributed by atoms with Crippen LogP contribution >= 0.6 is 0 Å².